The molecule has 0 saturated carbocycles. The Labute approximate surface area is 183 Å². The molecule has 0 aliphatic heterocycles. The van der Waals surface area contributed by atoms with Crippen LogP contribution in [0.2, 0.25) is 0 Å². The van der Waals surface area contributed by atoms with Crippen LogP contribution in [-0.2, 0) is 4.79 Å². The minimum Gasteiger partial charge on any atom is -0.493 e. The first kappa shape index (κ1) is 25.9. The molecule has 1 aromatic rings. The molecule has 0 fully saturated rings. The SMILES string of the molecule is CCCCCCCCC/C=C\CCCCCCC(=O)Oc1ccc(C=O)cc1OC. The molecule has 1 aromatic carbocycles. The zero-order valence-electron chi connectivity index (χ0n) is 19.0. The quantitative estimate of drug-likeness (QED) is 0.0819. The number of carbonyl (C=O) groups is 2. The number of unbranched alkanes of at least 4 members (excludes halogenated alkanes) is 11. The number of benzene rings is 1. The summed E-state index contributed by atoms with van der Waals surface area (Å²) >= 11 is 0. The molecule has 0 atom stereocenters. The van der Waals surface area contributed by atoms with Crippen molar-refractivity contribution >= 4 is 12.3 Å². The van der Waals surface area contributed by atoms with Gasteiger partial charge in [-0.25, -0.2) is 0 Å². The molecule has 0 aromatic heterocycles. The van der Waals surface area contributed by atoms with Gasteiger partial charge in [-0.15, -0.1) is 0 Å². The third-order valence-corrected chi connectivity index (χ3v) is 5.19. The third kappa shape index (κ3) is 12.5. The number of rotatable bonds is 18. The van der Waals surface area contributed by atoms with Crippen LogP contribution in [0.15, 0.2) is 30.4 Å². The molecular formula is C26H40O4. The molecule has 0 saturated heterocycles. The van der Waals surface area contributed by atoms with Crippen molar-refractivity contribution in [1.29, 1.82) is 0 Å². The van der Waals surface area contributed by atoms with Crippen LogP contribution >= 0.6 is 0 Å². The zero-order valence-corrected chi connectivity index (χ0v) is 19.0. The first-order valence-corrected chi connectivity index (χ1v) is 11.7. The summed E-state index contributed by atoms with van der Waals surface area (Å²) in [6, 6.07) is 4.77. The Morgan fingerprint density at radius 3 is 2.03 bits per heavy atom. The monoisotopic (exact) mass is 416 g/mol. The van der Waals surface area contributed by atoms with Crippen molar-refractivity contribution in [2.75, 3.05) is 7.11 Å². The van der Waals surface area contributed by atoms with Crippen molar-refractivity contribution in [1.82, 2.24) is 0 Å². The van der Waals surface area contributed by atoms with E-state index in [9.17, 15) is 9.59 Å². The normalized spacial score (nSPS) is 11.0. The van der Waals surface area contributed by atoms with Crippen LogP contribution in [0.1, 0.15) is 107 Å². The van der Waals surface area contributed by atoms with Gasteiger partial charge in [0.05, 0.1) is 7.11 Å². The molecule has 0 amide bonds. The summed E-state index contributed by atoms with van der Waals surface area (Å²) in [5.74, 6) is 0.497. The fourth-order valence-electron chi connectivity index (χ4n) is 3.36. The number of methoxy groups -OCH3 is 1. The van der Waals surface area contributed by atoms with Crippen LogP contribution in [-0.4, -0.2) is 19.4 Å². The lowest BCUT2D eigenvalue weighted by Gasteiger charge is -2.09. The van der Waals surface area contributed by atoms with Crippen LogP contribution in [0.3, 0.4) is 0 Å². The van der Waals surface area contributed by atoms with Gasteiger partial charge in [0.2, 0.25) is 0 Å². The molecule has 0 bridgehead atoms. The molecule has 0 N–H and O–H groups in total. The van der Waals surface area contributed by atoms with Gasteiger partial charge in [-0.1, -0.05) is 70.4 Å². The van der Waals surface area contributed by atoms with E-state index in [4.69, 9.17) is 9.47 Å². The summed E-state index contributed by atoms with van der Waals surface area (Å²) in [5.41, 5.74) is 0.489. The average Bonchev–Trinajstić information content (AvgIpc) is 2.76. The van der Waals surface area contributed by atoms with Crippen molar-refractivity contribution in [2.45, 2.75) is 96.8 Å². The number of hydrogen-bond acceptors (Lipinski definition) is 4. The highest BCUT2D eigenvalue weighted by Gasteiger charge is 2.10. The highest BCUT2D eigenvalue weighted by molar-refractivity contribution is 5.78. The number of esters is 1. The molecule has 30 heavy (non-hydrogen) atoms. The molecule has 1 rings (SSSR count). The van der Waals surface area contributed by atoms with Gasteiger partial charge in [0.1, 0.15) is 6.29 Å². The predicted octanol–water partition coefficient (Wildman–Crippen LogP) is 7.45. The summed E-state index contributed by atoms with van der Waals surface area (Å²) in [5, 5.41) is 0. The van der Waals surface area contributed by atoms with E-state index in [2.05, 4.69) is 19.1 Å². The van der Waals surface area contributed by atoms with Crippen LogP contribution in [0.4, 0.5) is 0 Å². The summed E-state index contributed by atoms with van der Waals surface area (Å²) in [4.78, 5) is 22.8. The number of aldehydes is 1. The Hall–Kier alpha value is -2.10. The minimum absolute atomic E-state index is 0.262. The van der Waals surface area contributed by atoms with E-state index in [1.165, 1.54) is 64.9 Å². The molecule has 168 valence electrons. The molecular weight excluding hydrogens is 376 g/mol. The molecule has 0 spiro atoms. The van der Waals surface area contributed by atoms with Gasteiger partial charge >= 0.3 is 5.97 Å². The van der Waals surface area contributed by atoms with E-state index in [-0.39, 0.29) is 5.97 Å². The molecule has 0 aliphatic carbocycles. The Bertz CT molecular complexity index is 621. The van der Waals surface area contributed by atoms with E-state index in [1.807, 2.05) is 0 Å². The fraction of sp³-hybridized carbons (Fsp3) is 0.615. The summed E-state index contributed by atoms with van der Waals surface area (Å²) in [6.07, 6.45) is 21.8. The van der Waals surface area contributed by atoms with Crippen molar-refractivity contribution in [3.63, 3.8) is 0 Å². The average molecular weight is 417 g/mol. The number of carbonyl (C=O) groups excluding carboxylic acids is 2. The van der Waals surface area contributed by atoms with Crippen LogP contribution in [0.25, 0.3) is 0 Å². The lowest BCUT2D eigenvalue weighted by atomic mass is 10.1. The molecule has 0 heterocycles. The van der Waals surface area contributed by atoms with Crippen LogP contribution in [0.5, 0.6) is 11.5 Å². The molecule has 4 heteroatoms. The lowest BCUT2D eigenvalue weighted by molar-refractivity contribution is -0.134. The van der Waals surface area contributed by atoms with Gasteiger partial charge in [0.25, 0.3) is 0 Å². The van der Waals surface area contributed by atoms with Gasteiger partial charge in [-0.3, -0.25) is 9.59 Å². The highest BCUT2D eigenvalue weighted by atomic mass is 16.6. The van der Waals surface area contributed by atoms with Crippen molar-refractivity contribution in [3.8, 4) is 11.5 Å². The topological polar surface area (TPSA) is 52.6 Å². The van der Waals surface area contributed by atoms with E-state index < -0.39 is 0 Å². The summed E-state index contributed by atoms with van der Waals surface area (Å²) in [6.45, 7) is 2.26. The second-order valence-corrected chi connectivity index (χ2v) is 7.84. The molecule has 0 unspecified atom stereocenters. The fourth-order valence-corrected chi connectivity index (χ4v) is 3.36. The van der Waals surface area contributed by atoms with Crippen molar-refractivity contribution in [2.24, 2.45) is 0 Å². The second kappa shape index (κ2) is 17.7. The molecule has 4 nitrogen and oxygen atoms in total. The number of hydrogen-bond donors (Lipinski definition) is 0. The Kier molecular flexibility index (Phi) is 15.3. The van der Waals surface area contributed by atoms with E-state index in [1.54, 1.807) is 18.2 Å². The molecule has 0 aliphatic rings. The number of ether oxygens (including phenoxy) is 2. The van der Waals surface area contributed by atoms with E-state index >= 15 is 0 Å². The summed E-state index contributed by atoms with van der Waals surface area (Å²) < 4.78 is 10.5. The van der Waals surface area contributed by atoms with Crippen LogP contribution < -0.4 is 9.47 Å². The Balaban J connectivity index is 2.01. The van der Waals surface area contributed by atoms with Gasteiger partial charge < -0.3 is 9.47 Å². The smallest absolute Gasteiger partial charge is 0.311 e. The second-order valence-electron chi connectivity index (χ2n) is 7.84. The Morgan fingerprint density at radius 1 is 0.833 bits per heavy atom. The largest absolute Gasteiger partial charge is 0.493 e. The minimum atomic E-state index is -0.262. The number of allylic oxidation sites excluding steroid dienone is 2. The Morgan fingerprint density at radius 2 is 1.43 bits per heavy atom. The van der Waals surface area contributed by atoms with Gasteiger partial charge in [-0.2, -0.15) is 0 Å². The summed E-state index contributed by atoms with van der Waals surface area (Å²) in [7, 11) is 1.49. The third-order valence-electron chi connectivity index (χ3n) is 5.19. The highest BCUT2D eigenvalue weighted by Crippen LogP contribution is 2.28. The maximum atomic E-state index is 12.0. The van der Waals surface area contributed by atoms with Gasteiger partial charge in [-0.05, 0) is 50.3 Å². The predicted molar refractivity (Wildman–Crippen MR) is 123 cm³/mol. The van der Waals surface area contributed by atoms with E-state index in [0.717, 1.165) is 32.0 Å². The zero-order chi connectivity index (χ0) is 21.9. The lowest BCUT2D eigenvalue weighted by Crippen LogP contribution is -2.08. The standard InChI is InChI=1S/C26H40O4/c1-3-4-5-6-7-8-9-10-11-12-13-14-15-16-17-18-26(28)30-24-20-19-23(22-27)21-25(24)29-2/h11-12,19-22H,3-10,13-18H2,1-2H3/b12-11-. The maximum absolute atomic E-state index is 12.0. The molecule has 0 radical (unpaired) electrons. The van der Waals surface area contributed by atoms with Gasteiger partial charge in [0, 0.05) is 12.0 Å². The van der Waals surface area contributed by atoms with Gasteiger partial charge in [0.15, 0.2) is 11.5 Å². The van der Waals surface area contributed by atoms with Crippen LogP contribution in [0, 0.1) is 0 Å². The van der Waals surface area contributed by atoms with Crippen molar-refractivity contribution in [3.05, 3.63) is 35.9 Å². The van der Waals surface area contributed by atoms with Crippen molar-refractivity contribution < 1.29 is 19.1 Å². The first-order valence-electron chi connectivity index (χ1n) is 11.7. The van der Waals surface area contributed by atoms with E-state index in [0.29, 0.717) is 23.5 Å². The first-order chi connectivity index (χ1) is 14.7. The maximum Gasteiger partial charge on any atom is 0.311 e.